The van der Waals surface area contributed by atoms with Gasteiger partial charge in [0.15, 0.2) is 0 Å². The average molecular weight is 453 g/mol. The third kappa shape index (κ3) is 3.62. The lowest BCUT2D eigenvalue weighted by Crippen LogP contribution is -2.01. The maximum atomic E-state index is 9.83. The number of unbranched alkanes of at least 4 members (excludes halogenated alkanes) is 1. The van der Waals surface area contributed by atoms with Crippen molar-refractivity contribution in [2.24, 2.45) is 0 Å². The van der Waals surface area contributed by atoms with E-state index in [4.69, 9.17) is 4.42 Å². The van der Waals surface area contributed by atoms with Crippen LogP contribution in [-0.4, -0.2) is 5.11 Å². The van der Waals surface area contributed by atoms with E-state index in [9.17, 15) is 5.11 Å². The molecule has 0 unspecified atom stereocenters. The Bertz CT molecular complexity index is 835. The highest BCUT2D eigenvalue weighted by atomic mass is 79.9. The molecular formula is C19H19Br2NO2. The van der Waals surface area contributed by atoms with Crippen LogP contribution in [0.5, 0.6) is 5.75 Å². The average Bonchev–Trinajstić information content (AvgIpc) is 2.93. The molecule has 3 aromatic rings. The molecule has 0 aliphatic rings. The van der Waals surface area contributed by atoms with Gasteiger partial charge < -0.3 is 14.8 Å². The van der Waals surface area contributed by atoms with E-state index in [1.54, 1.807) is 0 Å². The molecular weight excluding hydrogens is 434 g/mol. The predicted molar refractivity (Wildman–Crippen MR) is 106 cm³/mol. The molecule has 126 valence electrons. The molecule has 1 heterocycles. The van der Waals surface area contributed by atoms with Crippen LogP contribution < -0.4 is 5.32 Å². The van der Waals surface area contributed by atoms with Crippen molar-refractivity contribution >= 4 is 48.5 Å². The molecule has 0 spiro atoms. The lowest BCUT2D eigenvalue weighted by molar-refractivity contribution is 0.468. The van der Waals surface area contributed by atoms with Gasteiger partial charge in [-0.2, -0.15) is 0 Å². The molecule has 0 aliphatic carbocycles. The Morgan fingerprint density at radius 3 is 2.54 bits per heavy atom. The van der Waals surface area contributed by atoms with Gasteiger partial charge in [0, 0.05) is 29.6 Å². The number of phenols is 1. The van der Waals surface area contributed by atoms with Crippen LogP contribution in [0.2, 0.25) is 0 Å². The van der Waals surface area contributed by atoms with Crippen LogP contribution >= 0.6 is 31.9 Å². The summed E-state index contributed by atoms with van der Waals surface area (Å²) in [6.07, 6.45) is 3.20. The summed E-state index contributed by atoms with van der Waals surface area (Å²) in [6, 6.07) is 11.9. The van der Waals surface area contributed by atoms with Gasteiger partial charge in [-0.05, 0) is 56.5 Å². The van der Waals surface area contributed by atoms with Crippen LogP contribution in [0.3, 0.4) is 0 Å². The number of fused-ring (bicyclic) bond motifs is 1. The zero-order chi connectivity index (χ0) is 17.1. The minimum Gasteiger partial charge on any atom is -0.506 e. The van der Waals surface area contributed by atoms with Gasteiger partial charge in [0.25, 0.3) is 0 Å². The first-order valence-corrected chi connectivity index (χ1v) is 9.60. The number of hydrogen-bond acceptors (Lipinski definition) is 3. The zero-order valence-corrected chi connectivity index (χ0v) is 16.6. The van der Waals surface area contributed by atoms with Crippen molar-refractivity contribution in [3.05, 3.63) is 56.7 Å². The summed E-state index contributed by atoms with van der Waals surface area (Å²) in [6.45, 7) is 2.87. The number of para-hydroxylation sites is 1. The normalized spacial score (nSPS) is 11.1. The van der Waals surface area contributed by atoms with E-state index in [1.807, 2.05) is 30.3 Å². The van der Waals surface area contributed by atoms with E-state index in [2.05, 4.69) is 50.2 Å². The number of hydrogen-bond donors (Lipinski definition) is 2. The number of rotatable bonds is 6. The highest BCUT2D eigenvalue weighted by Gasteiger charge is 2.14. The second kappa shape index (κ2) is 7.62. The van der Waals surface area contributed by atoms with Gasteiger partial charge in [-0.25, -0.2) is 0 Å². The number of aryl methyl sites for hydroxylation is 1. The molecule has 0 fully saturated rings. The number of phenolic OH excluding ortho intramolecular Hbond substituents is 1. The van der Waals surface area contributed by atoms with Crippen molar-refractivity contribution in [2.75, 3.05) is 5.32 Å². The topological polar surface area (TPSA) is 45.4 Å². The molecule has 24 heavy (non-hydrogen) atoms. The Morgan fingerprint density at radius 1 is 1.12 bits per heavy atom. The minimum atomic E-state index is 0.206. The standard InChI is InChI=1S/C19H19Br2NO2/c1-2-3-7-18-14(13-6-4-5-8-17(13)24-18)11-22-12-9-15(20)19(23)16(21)10-12/h4-6,8-10,22-23H,2-3,7,11H2,1H3. The second-order valence-electron chi connectivity index (χ2n) is 5.75. The fourth-order valence-corrected chi connectivity index (χ4v) is 3.93. The van der Waals surface area contributed by atoms with Crippen molar-refractivity contribution < 1.29 is 9.52 Å². The van der Waals surface area contributed by atoms with Gasteiger partial charge in [0.2, 0.25) is 0 Å². The van der Waals surface area contributed by atoms with Crippen LogP contribution in [0.25, 0.3) is 11.0 Å². The predicted octanol–water partition coefficient (Wildman–Crippen LogP) is 6.62. The number of nitrogens with one attached hydrogen (secondary N) is 1. The summed E-state index contributed by atoms with van der Waals surface area (Å²) in [5.41, 5.74) is 3.08. The van der Waals surface area contributed by atoms with Gasteiger partial charge in [-0.3, -0.25) is 0 Å². The molecule has 2 N–H and O–H groups in total. The van der Waals surface area contributed by atoms with Crippen LogP contribution in [0.4, 0.5) is 5.69 Å². The Balaban J connectivity index is 1.88. The number of benzene rings is 2. The van der Waals surface area contributed by atoms with Gasteiger partial charge in [0.1, 0.15) is 17.1 Å². The lowest BCUT2D eigenvalue weighted by Gasteiger charge is -2.10. The molecule has 0 amide bonds. The molecule has 0 saturated heterocycles. The van der Waals surface area contributed by atoms with E-state index >= 15 is 0 Å². The van der Waals surface area contributed by atoms with E-state index < -0.39 is 0 Å². The smallest absolute Gasteiger partial charge is 0.144 e. The van der Waals surface area contributed by atoms with Crippen LogP contribution in [0, 0.1) is 0 Å². The molecule has 1 aromatic heterocycles. The van der Waals surface area contributed by atoms with E-state index in [1.165, 1.54) is 5.56 Å². The van der Waals surface area contributed by atoms with Crippen LogP contribution in [0.15, 0.2) is 49.8 Å². The highest BCUT2D eigenvalue weighted by molar-refractivity contribution is 9.11. The SMILES string of the molecule is CCCCc1oc2ccccc2c1CNc1cc(Br)c(O)c(Br)c1. The fraction of sp³-hybridized carbons (Fsp3) is 0.263. The van der Waals surface area contributed by atoms with Crippen molar-refractivity contribution in [1.82, 2.24) is 0 Å². The van der Waals surface area contributed by atoms with Crippen molar-refractivity contribution in [3.8, 4) is 5.75 Å². The Hall–Kier alpha value is -1.46. The zero-order valence-electron chi connectivity index (χ0n) is 13.4. The van der Waals surface area contributed by atoms with Crippen LogP contribution in [-0.2, 0) is 13.0 Å². The maximum absolute atomic E-state index is 9.83. The first-order chi connectivity index (χ1) is 11.6. The second-order valence-corrected chi connectivity index (χ2v) is 7.45. The van der Waals surface area contributed by atoms with Gasteiger partial charge in [0.05, 0.1) is 8.95 Å². The quantitative estimate of drug-likeness (QED) is 0.413. The van der Waals surface area contributed by atoms with Crippen molar-refractivity contribution in [3.63, 3.8) is 0 Å². The van der Waals surface area contributed by atoms with Crippen molar-refractivity contribution in [2.45, 2.75) is 32.7 Å². The summed E-state index contributed by atoms with van der Waals surface area (Å²) in [7, 11) is 0. The summed E-state index contributed by atoms with van der Waals surface area (Å²) < 4.78 is 7.37. The molecule has 0 saturated carbocycles. The molecule has 3 nitrogen and oxygen atoms in total. The molecule has 0 radical (unpaired) electrons. The fourth-order valence-electron chi connectivity index (χ4n) is 2.74. The lowest BCUT2D eigenvalue weighted by atomic mass is 10.1. The Labute approximate surface area is 158 Å². The first kappa shape index (κ1) is 17.4. The first-order valence-electron chi connectivity index (χ1n) is 8.01. The Morgan fingerprint density at radius 2 is 1.83 bits per heavy atom. The highest BCUT2D eigenvalue weighted by Crippen LogP contribution is 2.36. The molecule has 0 atom stereocenters. The third-order valence-electron chi connectivity index (χ3n) is 4.03. The molecule has 3 rings (SSSR count). The number of furan rings is 1. The summed E-state index contributed by atoms with van der Waals surface area (Å²) in [5, 5.41) is 14.4. The third-order valence-corrected chi connectivity index (χ3v) is 5.23. The largest absolute Gasteiger partial charge is 0.506 e. The molecule has 5 heteroatoms. The van der Waals surface area contributed by atoms with Gasteiger partial charge in [-0.15, -0.1) is 0 Å². The molecule has 0 bridgehead atoms. The molecule has 0 aliphatic heterocycles. The minimum absolute atomic E-state index is 0.206. The van der Waals surface area contributed by atoms with Crippen LogP contribution in [0.1, 0.15) is 31.1 Å². The summed E-state index contributed by atoms with van der Waals surface area (Å²) >= 11 is 6.73. The number of aromatic hydroxyl groups is 1. The Kier molecular flexibility index (Phi) is 5.51. The van der Waals surface area contributed by atoms with E-state index in [0.717, 1.165) is 41.7 Å². The van der Waals surface area contributed by atoms with E-state index in [0.29, 0.717) is 15.5 Å². The number of halogens is 2. The van der Waals surface area contributed by atoms with Gasteiger partial charge >= 0.3 is 0 Å². The maximum Gasteiger partial charge on any atom is 0.144 e. The molecule has 2 aromatic carbocycles. The van der Waals surface area contributed by atoms with Gasteiger partial charge in [-0.1, -0.05) is 31.5 Å². The monoisotopic (exact) mass is 451 g/mol. The summed E-state index contributed by atoms with van der Waals surface area (Å²) in [5.74, 6) is 1.26. The van der Waals surface area contributed by atoms with Crippen molar-refractivity contribution in [1.29, 1.82) is 0 Å². The van der Waals surface area contributed by atoms with E-state index in [-0.39, 0.29) is 5.75 Å². The summed E-state index contributed by atoms with van der Waals surface area (Å²) in [4.78, 5) is 0. The number of anilines is 1.